The van der Waals surface area contributed by atoms with Crippen molar-refractivity contribution in [2.24, 2.45) is 0 Å². The Balaban J connectivity index is 1.87. The van der Waals surface area contributed by atoms with E-state index in [0.29, 0.717) is 16.1 Å². The van der Waals surface area contributed by atoms with Crippen molar-refractivity contribution >= 4 is 28.8 Å². The molecule has 0 amide bonds. The summed E-state index contributed by atoms with van der Waals surface area (Å²) in [6.07, 6.45) is 1.83. The summed E-state index contributed by atoms with van der Waals surface area (Å²) in [5.41, 5.74) is 1.46. The number of nitrogens with zero attached hydrogens (tertiary/aromatic N) is 3. The standard InChI is InChI=1S/C13H9Cl2N3O/c14-10-4-3-5-11(15)9(10)8-19-13-17-16-12-6-1-2-7-18(12)13/h1-7H,8H2. The molecule has 6 heteroatoms. The normalized spacial score (nSPS) is 10.8. The molecule has 0 aliphatic carbocycles. The highest BCUT2D eigenvalue weighted by Gasteiger charge is 2.09. The fourth-order valence-corrected chi connectivity index (χ4v) is 2.23. The lowest BCUT2D eigenvalue weighted by Gasteiger charge is -2.07. The lowest BCUT2D eigenvalue weighted by atomic mass is 10.2. The van der Waals surface area contributed by atoms with Gasteiger partial charge in [-0.15, -0.1) is 5.10 Å². The van der Waals surface area contributed by atoms with Gasteiger partial charge in [0.2, 0.25) is 0 Å². The van der Waals surface area contributed by atoms with Crippen molar-refractivity contribution in [1.82, 2.24) is 14.6 Å². The summed E-state index contributed by atoms with van der Waals surface area (Å²) in [6.45, 7) is 0.244. The maximum absolute atomic E-state index is 6.08. The summed E-state index contributed by atoms with van der Waals surface area (Å²) in [4.78, 5) is 0. The summed E-state index contributed by atoms with van der Waals surface area (Å²) in [6, 6.07) is 11.4. The van der Waals surface area contributed by atoms with E-state index >= 15 is 0 Å². The van der Waals surface area contributed by atoms with Crippen molar-refractivity contribution in [3.8, 4) is 6.01 Å². The number of hydrogen-bond acceptors (Lipinski definition) is 3. The molecule has 0 saturated heterocycles. The van der Waals surface area contributed by atoms with E-state index < -0.39 is 0 Å². The number of halogens is 2. The van der Waals surface area contributed by atoms with Gasteiger partial charge < -0.3 is 4.74 Å². The molecule has 4 nitrogen and oxygen atoms in total. The molecule has 0 saturated carbocycles. The lowest BCUT2D eigenvalue weighted by Crippen LogP contribution is -2.00. The fourth-order valence-electron chi connectivity index (χ4n) is 1.72. The van der Waals surface area contributed by atoms with Gasteiger partial charge in [0.05, 0.1) is 0 Å². The van der Waals surface area contributed by atoms with Gasteiger partial charge in [0.1, 0.15) is 6.61 Å². The van der Waals surface area contributed by atoms with Gasteiger partial charge in [0, 0.05) is 21.8 Å². The Morgan fingerprint density at radius 3 is 2.58 bits per heavy atom. The third-order valence-corrected chi connectivity index (χ3v) is 3.40. The number of pyridine rings is 1. The Morgan fingerprint density at radius 2 is 1.79 bits per heavy atom. The Labute approximate surface area is 119 Å². The van der Waals surface area contributed by atoms with Gasteiger partial charge in [-0.3, -0.25) is 4.40 Å². The van der Waals surface area contributed by atoms with Crippen molar-refractivity contribution in [2.45, 2.75) is 6.61 Å². The molecule has 0 aliphatic heterocycles. The minimum absolute atomic E-state index is 0.244. The molecule has 1 aromatic carbocycles. The SMILES string of the molecule is Clc1cccc(Cl)c1COc1nnc2ccccn12. The maximum atomic E-state index is 6.08. The molecule has 0 radical (unpaired) electrons. The highest BCUT2D eigenvalue weighted by Crippen LogP contribution is 2.25. The van der Waals surface area contributed by atoms with Crippen LogP contribution in [0, 0.1) is 0 Å². The highest BCUT2D eigenvalue weighted by molar-refractivity contribution is 6.35. The van der Waals surface area contributed by atoms with E-state index in [-0.39, 0.29) is 6.61 Å². The number of fused-ring (bicyclic) bond motifs is 1. The zero-order valence-electron chi connectivity index (χ0n) is 9.75. The molecule has 0 unspecified atom stereocenters. The minimum Gasteiger partial charge on any atom is -0.458 e. The second kappa shape index (κ2) is 5.07. The van der Waals surface area contributed by atoms with Crippen LogP contribution in [0.5, 0.6) is 6.01 Å². The zero-order valence-corrected chi connectivity index (χ0v) is 11.3. The van der Waals surface area contributed by atoms with Gasteiger partial charge in [-0.05, 0) is 24.3 Å². The Hall–Kier alpha value is -1.78. The number of hydrogen-bond donors (Lipinski definition) is 0. The number of rotatable bonds is 3. The maximum Gasteiger partial charge on any atom is 0.321 e. The summed E-state index contributed by atoms with van der Waals surface area (Å²) in [5, 5.41) is 9.11. The molecule has 19 heavy (non-hydrogen) atoms. The average molecular weight is 294 g/mol. The number of ether oxygens (including phenoxy) is 1. The van der Waals surface area contributed by atoms with Crippen LogP contribution < -0.4 is 4.74 Å². The van der Waals surface area contributed by atoms with Crippen LogP contribution in [-0.4, -0.2) is 14.6 Å². The van der Waals surface area contributed by atoms with Crippen LogP contribution in [0.3, 0.4) is 0 Å². The van der Waals surface area contributed by atoms with E-state index in [0.717, 1.165) is 11.2 Å². The van der Waals surface area contributed by atoms with Gasteiger partial charge in [0.25, 0.3) is 0 Å². The third kappa shape index (κ3) is 2.37. The first-order valence-electron chi connectivity index (χ1n) is 5.61. The first-order chi connectivity index (χ1) is 9.25. The zero-order chi connectivity index (χ0) is 13.2. The van der Waals surface area contributed by atoms with Gasteiger partial charge in [-0.1, -0.05) is 40.4 Å². The minimum atomic E-state index is 0.244. The molecule has 0 atom stereocenters. The van der Waals surface area contributed by atoms with E-state index in [2.05, 4.69) is 10.2 Å². The summed E-state index contributed by atoms with van der Waals surface area (Å²) in [5.74, 6) is 0. The topological polar surface area (TPSA) is 39.4 Å². The van der Waals surface area contributed by atoms with Crippen LogP contribution in [0.2, 0.25) is 10.0 Å². The highest BCUT2D eigenvalue weighted by atomic mass is 35.5. The van der Waals surface area contributed by atoms with Crippen molar-refractivity contribution in [2.75, 3.05) is 0 Å². The molecule has 2 heterocycles. The smallest absolute Gasteiger partial charge is 0.321 e. The quantitative estimate of drug-likeness (QED) is 0.740. The van der Waals surface area contributed by atoms with E-state index in [1.54, 1.807) is 22.6 Å². The van der Waals surface area contributed by atoms with Crippen LogP contribution in [0.25, 0.3) is 5.65 Å². The van der Waals surface area contributed by atoms with Crippen LogP contribution in [0.1, 0.15) is 5.56 Å². The van der Waals surface area contributed by atoms with Gasteiger partial charge >= 0.3 is 6.01 Å². The molecule has 0 N–H and O–H groups in total. The predicted octanol–water partition coefficient (Wildman–Crippen LogP) is 3.62. The Bertz CT molecular complexity index is 706. The molecule has 0 spiro atoms. The molecule has 0 bridgehead atoms. The molecule has 0 aliphatic rings. The van der Waals surface area contributed by atoms with Crippen LogP contribution in [0.15, 0.2) is 42.6 Å². The van der Waals surface area contributed by atoms with Crippen LogP contribution >= 0.6 is 23.2 Å². The van der Waals surface area contributed by atoms with Crippen LogP contribution in [0.4, 0.5) is 0 Å². The van der Waals surface area contributed by atoms with E-state index in [1.807, 2.05) is 24.4 Å². The average Bonchev–Trinajstić information content (AvgIpc) is 2.82. The van der Waals surface area contributed by atoms with Crippen molar-refractivity contribution in [1.29, 1.82) is 0 Å². The fraction of sp³-hybridized carbons (Fsp3) is 0.0769. The molecule has 2 aromatic heterocycles. The second-order valence-electron chi connectivity index (χ2n) is 3.90. The third-order valence-electron chi connectivity index (χ3n) is 2.69. The van der Waals surface area contributed by atoms with Gasteiger partial charge in [-0.25, -0.2) is 0 Å². The number of aromatic nitrogens is 3. The lowest BCUT2D eigenvalue weighted by molar-refractivity contribution is 0.278. The largest absolute Gasteiger partial charge is 0.458 e. The molecule has 0 fully saturated rings. The van der Waals surface area contributed by atoms with E-state index in [4.69, 9.17) is 27.9 Å². The molecule has 3 aromatic rings. The summed E-state index contributed by atoms with van der Waals surface area (Å²) >= 11 is 12.2. The second-order valence-corrected chi connectivity index (χ2v) is 4.71. The molecule has 3 rings (SSSR count). The number of benzene rings is 1. The summed E-state index contributed by atoms with van der Waals surface area (Å²) in [7, 11) is 0. The van der Waals surface area contributed by atoms with Crippen molar-refractivity contribution in [3.63, 3.8) is 0 Å². The molecule has 96 valence electrons. The Kier molecular flexibility index (Phi) is 3.27. The van der Waals surface area contributed by atoms with Gasteiger partial charge in [0.15, 0.2) is 5.65 Å². The first-order valence-corrected chi connectivity index (χ1v) is 6.37. The summed E-state index contributed by atoms with van der Waals surface area (Å²) < 4.78 is 7.38. The monoisotopic (exact) mass is 293 g/mol. The van der Waals surface area contributed by atoms with Crippen LogP contribution in [-0.2, 0) is 6.61 Å². The molecular formula is C13H9Cl2N3O. The van der Waals surface area contributed by atoms with Gasteiger partial charge in [-0.2, -0.15) is 0 Å². The molecular weight excluding hydrogens is 285 g/mol. The van der Waals surface area contributed by atoms with E-state index in [1.165, 1.54) is 0 Å². The van der Waals surface area contributed by atoms with E-state index in [9.17, 15) is 0 Å². The first kappa shape index (κ1) is 12.3. The predicted molar refractivity (Wildman–Crippen MR) is 73.8 cm³/mol. The van der Waals surface area contributed by atoms with Crippen molar-refractivity contribution in [3.05, 3.63) is 58.2 Å². The Morgan fingerprint density at radius 1 is 1.00 bits per heavy atom. The van der Waals surface area contributed by atoms with Crippen molar-refractivity contribution < 1.29 is 4.74 Å².